The summed E-state index contributed by atoms with van der Waals surface area (Å²) in [5.74, 6) is 2.63. The summed E-state index contributed by atoms with van der Waals surface area (Å²) in [6.45, 7) is 0. The van der Waals surface area contributed by atoms with E-state index in [9.17, 15) is 0 Å². The molecular weight excluding hydrogens is 390 g/mol. The number of rotatable bonds is 5. The number of H-pyrrole nitrogens is 1. The Morgan fingerprint density at radius 2 is 1.58 bits per heavy atom. The third-order valence-corrected chi connectivity index (χ3v) is 5.64. The van der Waals surface area contributed by atoms with Crippen molar-refractivity contribution in [3.05, 3.63) is 60.8 Å². The molecule has 0 unspecified atom stereocenters. The molecule has 0 saturated heterocycles. The SMILES string of the molecule is COc1cc(-c2cccc3[nH]c(-c4cn(C)c5ccccc45)nc23)cc(OC)c1OC. The highest BCUT2D eigenvalue weighted by molar-refractivity contribution is 5.99. The lowest BCUT2D eigenvalue weighted by Gasteiger charge is -2.14. The lowest BCUT2D eigenvalue weighted by atomic mass is 10.0. The molecule has 0 fully saturated rings. The summed E-state index contributed by atoms with van der Waals surface area (Å²) in [5.41, 5.74) is 6.03. The average Bonchev–Trinajstić information content (AvgIpc) is 3.39. The van der Waals surface area contributed by atoms with Crippen LogP contribution in [0.25, 0.3) is 44.5 Å². The normalized spacial score (nSPS) is 11.2. The second kappa shape index (κ2) is 7.40. The molecule has 2 heterocycles. The number of aryl methyl sites for hydroxylation is 1. The molecule has 6 heteroatoms. The lowest BCUT2D eigenvalue weighted by Crippen LogP contribution is -1.96. The van der Waals surface area contributed by atoms with Crippen molar-refractivity contribution in [3.8, 4) is 39.8 Å². The van der Waals surface area contributed by atoms with Crippen LogP contribution in [0.3, 0.4) is 0 Å². The predicted molar refractivity (Wildman–Crippen MR) is 123 cm³/mol. The van der Waals surface area contributed by atoms with E-state index in [1.807, 2.05) is 30.3 Å². The van der Waals surface area contributed by atoms with E-state index in [-0.39, 0.29) is 0 Å². The van der Waals surface area contributed by atoms with Crippen molar-refractivity contribution in [2.45, 2.75) is 0 Å². The maximum atomic E-state index is 5.54. The zero-order valence-corrected chi connectivity index (χ0v) is 17.9. The first-order valence-corrected chi connectivity index (χ1v) is 9.98. The quantitative estimate of drug-likeness (QED) is 0.418. The highest BCUT2D eigenvalue weighted by Crippen LogP contribution is 2.42. The van der Waals surface area contributed by atoms with Crippen molar-refractivity contribution in [1.29, 1.82) is 0 Å². The Kier molecular flexibility index (Phi) is 4.55. The number of imidazole rings is 1. The molecule has 0 aliphatic carbocycles. The van der Waals surface area contributed by atoms with Gasteiger partial charge in [-0.2, -0.15) is 0 Å². The number of fused-ring (bicyclic) bond motifs is 2. The van der Waals surface area contributed by atoms with Gasteiger partial charge in [0.2, 0.25) is 5.75 Å². The van der Waals surface area contributed by atoms with Gasteiger partial charge in [-0.15, -0.1) is 0 Å². The van der Waals surface area contributed by atoms with Gasteiger partial charge in [-0.1, -0.05) is 30.3 Å². The van der Waals surface area contributed by atoms with Crippen LogP contribution in [0.5, 0.6) is 17.2 Å². The van der Waals surface area contributed by atoms with E-state index in [1.54, 1.807) is 21.3 Å². The highest BCUT2D eigenvalue weighted by Gasteiger charge is 2.18. The first-order valence-electron chi connectivity index (χ1n) is 9.98. The van der Waals surface area contributed by atoms with Gasteiger partial charge in [0, 0.05) is 35.3 Å². The molecule has 0 atom stereocenters. The van der Waals surface area contributed by atoms with Crippen LogP contribution >= 0.6 is 0 Å². The number of nitrogens with one attached hydrogen (secondary N) is 1. The van der Waals surface area contributed by atoms with E-state index in [0.29, 0.717) is 17.2 Å². The Balaban J connectivity index is 1.71. The molecule has 156 valence electrons. The number of hydrogen-bond donors (Lipinski definition) is 1. The number of aromatic nitrogens is 3. The molecule has 0 aliphatic rings. The first kappa shape index (κ1) is 19.1. The van der Waals surface area contributed by atoms with E-state index >= 15 is 0 Å². The topological polar surface area (TPSA) is 61.3 Å². The van der Waals surface area contributed by atoms with Crippen molar-refractivity contribution in [3.63, 3.8) is 0 Å². The number of methoxy groups -OCH3 is 3. The highest BCUT2D eigenvalue weighted by atomic mass is 16.5. The van der Waals surface area contributed by atoms with Gasteiger partial charge in [0.15, 0.2) is 11.5 Å². The van der Waals surface area contributed by atoms with Gasteiger partial charge in [-0.05, 0) is 29.8 Å². The zero-order valence-electron chi connectivity index (χ0n) is 17.9. The van der Waals surface area contributed by atoms with Gasteiger partial charge in [0.05, 0.1) is 32.4 Å². The van der Waals surface area contributed by atoms with Crippen LogP contribution in [0.4, 0.5) is 0 Å². The van der Waals surface area contributed by atoms with Crippen LogP contribution in [-0.2, 0) is 7.05 Å². The van der Waals surface area contributed by atoms with E-state index in [1.165, 1.54) is 10.9 Å². The van der Waals surface area contributed by atoms with E-state index < -0.39 is 0 Å². The van der Waals surface area contributed by atoms with Crippen molar-refractivity contribution in [2.75, 3.05) is 21.3 Å². The molecule has 2 aromatic heterocycles. The second-order valence-electron chi connectivity index (χ2n) is 7.37. The summed E-state index contributed by atoms with van der Waals surface area (Å²) in [6, 6.07) is 18.3. The molecule has 0 spiro atoms. The molecule has 5 aromatic rings. The Bertz CT molecular complexity index is 1390. The smallest absolute Gasteiger partial charge is 0.203 e. The van der Waals surface area contributed by atoms with E-state index in [4.69, 9.17) is 19.2 Å². The molecule has 3 aromatic carbocycles. The third-order valence-electron chi connectivity index (χ3n) is 5.64. The number of ether oxygens (including phenoxy) is 3. The molecule has 31 heavy (non-hydrogen) atoms. The van der Waals surface area contributed by atoms with Crippen LogP contribution in [0.2, 0.25) is 0 Å². The molecule has 0 bridgehead atoms. The van der Waals surface area contributed by atoms with Gasteiger partial charge < -0.3 is 23.8 Å². The molecule has 0 saturated carbocycles. The molecule has 0 amide bonds. The van der Waals surface area contributed by atoms with E-state index in [0.717, 1.165) is 33.5 Å². The predicted octanol–water partition coefficient (Wildman–Crippen LogP) is 5.41. The van der Waals surface area contributed by atoms with Gasteiger partial charge in [-0.25, -0.2) is 4.98 Å². The summed E-state index contributed by atoms with van der Waals surface area (Å²) in [5, 5.41) is 1.17. The van der Waals surface area contributed by atoms with Crippen LogP contribution in [-0.4, -0.2) is 35.9 Å². The summed E-state index contributed by atoms with van der Waals surface area (Å²) in [4.78, 5) is 8.49. The largest absolute Gasteiger partial charge is 0.493 e. The zero-order chi connectivity index (χ0) is 21.5. The van der Waals surface area contributed by atoms with E-state index in [2.05, 4.69) is 47.1 Å². The lowest BCUT2D eigenvalue weighted by molar-refractivity contribution is 0.324. The van der Waals surface area contributed by atoms with Crippen LogP contribution < -0.4 is 14.2 Å². The van der Waals surface area contributed by atoms with Crippen LogP contribution in [0.1, 0.15) is 0 Å². The minimum Gasteiger partial charge on any atom is -0.493 e. The van der Waals surface area contributed by atoms with Gasteiger partial charge >= 0.3 is 0 Å². The number of benzene rings is 3. The maximum Gasteiger partial charge on any atom is 0.203 e. The van der Waals surface area contributed by atoms with Crippen molar-refractivity contribution in [2.24, 2.45) is 7.05 Å². The number of para-hydroxylation sites is 2. The van der Waals surface area contributed by atoms with Gasteiger partial charge in [0.25, 0.3) is 0 Å². The average molecular weight is 413 g/mol. The Hall–Kier alpha value is -3.93. The fourth-order valence-corrected chi connectivity index (χ4v) is 4.16. The van der Waals surface area contributed by atoms with Crippen LogP contribution in [0.15, 0.2) is 60.8 Å². The summed E-state index contributed by atoms with van der Waals surface area (Å²) < 4.78 is 18.7. The van der Waals surface area contributed by atoms with Crippen LogP contribution in [0, 0.1) is 0 Å². The number of nitrogens with zero attached hydrogens (tertiary/aromatic N) is 2. The minimum absolute atomic E-state index is 0.569. The Morgan fingerprint density at radius 1 is 0.839 bits per heavy atom. The van der Waals surface area contributed by atoms with Crippen molar-refractivity contribution < 1.29 is 14.2 Å². The first-order chi connectivity index (χ1) is 15.1. The third kappa shape index (κ3) is 2.99. The Morgan fingerprint density at radius 3 is 2.29 bits per heavy atom. The maximum absolute atomic E-state index is 5.54. The molecular formula is C25H23N3O3. The summed E-state index contributed by atoms with van der Waals surface area (Å²) >= 11 is 0. The van der Waals surface area contributed by atoms with Gasteiger partial charge in [-0.3, -0.25) is 0 Å². The minimum atomic E-state index is 0.569. The second-order valence-corrected chi connectivity index (χ2v) is 7.37. The molecule has 6 nitrogen and oxygen atoms in total. The molecule has 0 radical (unpaired) electrons. The van der Waals surface area contributed by atoms with Gasteiger partial charge in [0.1, 0.15) is 5.82 Å². The van der Waals surface area contributed by atoms with Crippen molar-refractivity contribution in [1.82, 2.24) is 14.5 Å². The summed E-state index contributed by atoms with van der Waals surface area (Å²) in [6.07, 6.45) is 2.11. The fraction of sp³-hybridized carbons (Fsp3) is 0.160. The Labute approximate surface area is 180 Å². The number of hydrogen-bond acceptors (Lipinski definition) is 4. The summed E-state index contributed by atoms with van der Waals surface area (Å²) in [7, 11) is 6.89. The van der Waals surface area contributed by atoms with Crippen molar-refractivity contribution >= 4 is 21.9 Å². The monoisotopic (exact) mass is 413 g/mol. The molecule has 0 aliphatic heterocycles. The fourth-order valence-electron chi connectivity index (χ4n) is 4.16. The molecule has 5 rings (SSSR count). The number of aromatic amines is 1. The standard InChI is InChI=1S/C25H23N3O3/c1-28-14-18(17-8-5-6-11-20(17)28)25-26-19-10-7-9-16(23(19)27-25)15-12-21(29-2)24(31-4)22(13-15)30-3/h5-14H,1-4H3,(H,26,27). The molecule has 1 N–H and O–H groups in total.